The second-order valence-electron chi connectivity index (χ2n) is 3.40. The maximum absolute atomic E-state index is 11.1. The minimum Gasteiger partial charge on any atom is -0.369 e. The smallest absolute Gasteiger partial charge is 0.224 e. The van der Waals surface area contributed by atoms with Gasteiger partial charge in [-0.25, -0.2) is 4.98 Å². The van der Waals surface area contributed by atoms with Gasteiger partial charge in [-0.2, -0.15) is 0 Å². The lowest BCUT2D eigenvalue weighted by atomic mass is 9.99. The molecule has 5 heteroatoms. The largest absolute Gasteiger partial charge is 0.369 e. The number of H-pyrrole nitrogens is 1. The highest BCUT2D eigenvalue weighted by Gasteiger charge is 2.16. The number of carbonyl (C=O) groups excluding carboxylic acids is 1. The molecule has 0 aliphatic heterocycles. The predicted octanol–water partition coefficient (Wildman–Crippen LogP) is 1.81. The molecule has 0 aliphatic carbocycles. The molecule has 1 heterocycles. The zero-order valence-corrected chi connectivity index (χ0v) is 8.88. The molecule has 0 aliphatic rings. The average Bonchev–Trinajstić information content (AvgIpc) is 2.56. The van der Waals surface area contributed by atoms with Crippen LogP contribution in [0.3, 0.4) is 0 Å². The lowest BCUT2D eigenvalue weighted by Crippen LogP contribution is -2.18. The number of rotatable bonds is 2. The van der Waals surface area contributed by atoms with Crippen molar-refractivity contribution in [3.05, 3.63) is 29.0 Å². The molecule has 2 aromatic rings. The molecular formula is C10H10ClN3O. The Bertz CT molecular complexity index is 520. The molecule has 0 saturated carbocycles. The number of aromatic nitrogens is 2. The van der Waals surface area contributed by atoms with Crippen molar-refractivity contribution in [1.82, 2.24) is 9.97 Å². The molecule has 1 aromatic heterocycles. The first-order valence-corrected chi connectivity index (χ1v) is 4.91. The van der Waals surface area contributed by atoms with Gasteiger partial charge in [0.1, 0.15) is 0 Å². The van der Waals surface area contributed by atoms with E-state index < -0.39 is 0 Å². The average molecular weight is 224 g/mol. The van der Waals surface area contributed by atoms with Gasteiger partial charge in [-0.1, -0.05) is 12.1 Å². The molecule has 0 radical (unpaired) electrons. The summed E-state index contributed by atoms with van der Waals surface area (Å²) in [5.41, 5.74) is 7.56. The topological polar surface area (TPSA) is 71.8 Å². The van der Waals surface area contributed by atoms with Crippen LogP contribution in [0.4, 0.5) is 0 Å². The fraction of sp³-hybridized carbons (Fsp3) is 0.200. The Balaban J connectivity index is 2.64. The van der Waals surface area contributed by atoms with Crippen LogP contribution in [0.2, 0.25) is 5.28 Å². The Morgan fingerprint density at radius 3 is 3.00 bits per heavy atom. The second kappa shape index (κ2) is 3.55. The summed E-state index contributed by atoms with van der Waals surface area (Å²) >= 11 is 5.76. The standard InChI is InChI=1S/C10H10ClN3O/c1-5(9(12)15)6-3-2-4-7-8(6)14-10(11)13-7/h2-5H,1H3,(H2,12,15)(H,13,14). The molecule has 0 bridgehead atoms. The van der Waals surface area contributed by atoms with Crippen molar-refractivity contribution in [3.8, 4) is 0 Å². The van der Waals surface area contributed by atoms with Crippen LogP contribution in [-0.2, 0) is 4.79 Å². The molecule has 1 amide bonds. The van der Waals surface area contributed by atoms with Crippen LogP contribution in [0.1, 0.15) is 18.4 Å². The highest BCUT2D eigenvalue weighted by atomic mass is 35.5. The molecule has 78 valence electrons. The zero-order valence-electron chi connectivity index (χ0n) is 8.12. The molecular weight excluding hydrogens is 214 g/mol. The quantitative estimate of drug-likeness (QED) is 0.815. The van der Waals surface area contributed by atoms with Crippen LogP contribution in [0.15, 0.2) is 18.2 Å². The Kier molecular flexibility index (Phi) is 2.36. The van der Waals surface area contributed by atoms with Gasteiger partial charge < -0.3 is 10.7 Å². The number of nitrogens with two attached hydrogens (primary N) is 1. The van der Waals surface area contributed by atoms with E-state index in [0.717, 1.165) is 11.1 Å². The summed E-state index contributed by atoms with van der Waals surface area (Å²) in [7, 11) is 0. The number of imidazole rings is 1. The fourth-order valence-corrected chi connectivity index (χ4v) is 1.71. The van der Waals surface area contributed by atoms with E-state index in [1.165, 1.54) is 0 Å². The molecule has 1 atom stereocenters. The predicted molar refractivity (Wildman–Crippen MR) is 58.7 cm³/mol. The van der Waals surface area contributed by atoms with Crippen molar-refractivity contribution >= 4 is 28.5 Å². The molecule has 0 fully saturated rings. The molecule has 3 N–H and O–H groups in total. The Hall–Kier alpha value is -1.55. The molecule has 1 unspecified atom stereocenters. The zero-order chi connectivity index (χ0) is 11.0. The number of hydrogen-bond donors (Lipinski definition) is 2. The summed E-state index contributed by atoms with van der Waals surface area (Å²) in [5, 5.41) is 0.314. The number of amides is 1. The number of primary amides is 1. The normalized spacial score (nSPS) is 12.9. The van der Waals surface area contributed by atoms with Crippen molar-refractivity contribution in [2.24, 2.45) is 5.73 Å². The van der Waals surface area contributed by atoms with Crippen LogP contribution < -0.4 is 5.73 Å². The molecule has 15 heavy (non-hydrogen) atoms. The van der Waals surface area contributed by atoms with Crippen molar-refractivity contribution < 1.29 is 4.79 Å². The summed E-state index contributed by atoms with van der Waals surface area (Å²) in [4.78, 5) is 18.1. The van der Waals surface area contributed by atoms with Crippen molar-refractivity contribution in [1.29, 1.82) is 0 Å². The number of nitrogens with zero attached hydrogens (tertiary/aromatic N) is 1. The molecule has 4 nitrogen and oxygen atoms in total. The number of hydrogen-bond acceptors (Lipinski definition) is 2. The number of carbonyl (C=O) groups is 1. The van der Waals surface area contributed by atoms with Crippen molar-refractivity contribution in [3.63, 3.8) is 0 Å². The number of aromatic amines is 1. The van der Waals surface area contributed by atoms with Crippen molar-refractivity contribution in [2.45, 2.75) is 12.8 Å². The van der Waals surface area contributed by atoms with Gasteiger partial charge in [0, 0.05) is 0 Å². The summed E-state index contributed by atoms with van der Waals surface area (Å²) in [6.07, 6.45) is 0. The van der Waals surface area contributed by atoms with Gasteiger partial charge in [-0.3, -0.25) is 4.79 Å². The van der Waals surface area contributed by atoms with Gasteiger partial charge in [0.25, 0.3) is 0 Å². The van der Waals surface area contributed by atoms with Gasteiger partial charge in [0.05, 0.1) is 17.0 Å². The number of halogens is 1. The van der Waals surface area contributed by atoms with Crippen LogP contribution in [-0.4, -0.2) is 15.9 Å². The van der Waals surface area contributed by atoms with E-state index >= 15 is 0 Å². The molecule has 0 saturated heterocycles. The lowest BCUT2D eigenvalue weighted by Gasteiger charge is -2.07. The van der Waals surface area contributed by atoms with Gasteiger partial charge >= 0.3 is 0 Å². The van der Waals surface area contributed by atoms with E-state index in [2.05, 4.69) is 9.97 Å². The van der Waals surface area contributed by atoms with Gasteiger partial charge in [-0.15, -0.1) is 0 Å². The van der Waals surface area contributed by atoms with E-state index in [9.17, 15) is 4.79 Å². The van der Waals surface area contributed by atoms with Crippen LogP contribution >= 0.6 is 11.6 Å². The van der Waals surface area contributed by atoms with Crippen LogP contribution in [0.5, 0.6) is 0 Å². The summed E-state index contributed by atoms with van der Waals surface area (Å²) in [6.45, 7) is 1.75. The van der Waals surface area contributed by atoms with E-state index in [4.69, 9.17) is 17.3 Å². The number of para-hydroxylation sites is 1. The molecule has 1 aromatic carbocycles. The first-order valence-electron chi connectivity index (χ1n) is 4.53. The van der Waals surface area contributed by atoms with Gasteiger partial charge in [0.15, 0.2) is 0 Å². The Morgan fingerprint density at radius 2 is 2.33 bits per heavy atom. The summed E-state index contributed by atoms with van der Waals surface area (Å²) in [6, 6.07) is 5.52. The monoisotopic (exact) mass is 223 g/mol. The van der Waals surface area contributed by atoms with E-state index in [1.54, 1.807) is 6.92 Å². The summed E-state index contributed by atoms with van der Waals surface area (Å²) in [5.74, 6) is -0.741. The minimum absolute atomic E-state index is 0.314. The number of benzene rings is 1. The van der Waals surface area contributed by atoms with E-state index in [1.807, 2.05) is 18.2 Å². The van der Waals surface area contributed by atoms with E-state index in [-0.39, 0.29) is 11.8 Å². The third-order valence-electron chi connectivity index (χ3n) is 2.41. The first kappa shape index (κ1) is 9.98. The van der Waals surface area contributed by atoms with Crippen LogP contribution in [0.25, 0.3) is 11.0 Å². The molecule has 0 spiro atoms. The fourth-order valence-electron chi connectivity index (χ4n) is 1.53. The van der Waals surface area contributed by atoms with E-state index in [0.29, 0.717) is 10.8 Å². The first-order chi connectivity index (χ1) is 7.09. The number of nitrogens with one attached hydrogen (secondary N) is 1. The number of fused-ring (bicyclic) bond motifs is 1. The highest BCUT2D eigenvalue weighted by molar-refractivity contribution is 6.29. The Labute approximate surface area is 91.4 Å². The Morgan fingerprint density at radius 1 is 1.60 bits per heavy atom. The minimum atomic E-state index is -0.373. The van der Waals surface area contributed by atoms with Gasteiger partial charge in [0.2, 0.25) is 11.2 Å². The SMILES string of the molecule is CC(C(N)=O)c1cccc2[nH]c(Cl)nc12. The van der Waals surface area contributed by atoms with Crippen molar-refractivity contribution in [2.75, 3.05) is 0 Å². The maximum atomic E-state index is 11.1. The van der Waals surface area contributed by atoms with Gasteiger partial charge in [-0.05, 0) is 30.2 Å². The third kappa shape index (κ3) is 1.68. The second-order valence-corrected chi connectivity index (χ2v) is 3.75. The maximum Gasteiger partial charge on any atom is 0.224 e. The van der Waals surface area contributed by atoms with Crippen LogP contribution in [0, 0.1) is 0 Å². The molecule has 2 rings (SSSR count). The highest BCUT2D eigenvalue weighted by Crippen LogP contribution is 2.24. The lowest BCUT2D eigenvalue weighted by molar-refractivity contribution is -0.119. The summed E-state index contributed by atoms with van der Waals surface area (Å²) < 4.78 is 0. The third-order valence-corrected chi connectivity index (χ3v) is 2.59.